The zero-order valence-electron chi connectivity index (χ0n) is 21.0. The number of amides is 1. The van der Waals surface area contributed by atoms with E-state index in [0.29, 0.717) is 5.69 Å². The zero-order chi connectivity index (χ0) is 28.5. The molecule has 0 radical (unpaired) electrons. The minimum Gasteiger partial charge on any atom is -0.755 e. The molecule has 0 aliphatic heterocycles. The summed E-state index contributed by atoms with van der Waals surface area (Å²) in [7, 11) is 1.24. The molecule has 1 amide bonds. The molecule has 39 heavy (non-hydrogen) atoms. The van der Waals surface area contributed by atoms with Crippen LogP contribution in [0.3, 0.4) is 0 Å². The molecule has 204 valence electrons. The summed E-state index contributed by atoms with van der Waals surface area (Å²) >= 11 is -2.91. The Morgan fingerprint density at radius 3 is 2.33 bits per heavy atom. The smallest absolute Gasteiger partial charge is 0.435 e. The SMILES string of the molecule is COc1ncc(-c2cnc(Nc3cc(C)cc(C)c3)nc2-n2nc(C(F)(F)F)cc2C)cc1C(=O)NS(=O)[O-]. The van der Waals surface area contributed by atoms with E-state index in [9.17, 15) is 26.7 Å². The molecule has 4 rings (SSSR count). The summed E-state index contributed by atoms with van der Waals surface area (Å²) in [6.45, 7) is 5.25. The first-order valence-electron chi connectivity index (χ1n) is 11.2. The van der Waals surface area contributed by atoms with Gasteiger partial charge in [-0.25, -0.2) is 14.6 Å². The van der Waals surface area contributed by atoms with Gasteiger partial charge >= 0.3 is 6.18 Å². The van der Waals surface area contributed by atoms with E-state index < -0.39 is 29.0 Å². The lowest BCUT2D eigenvalue weighted by molar-refractivity contribution is -0.141. The lowest BCUT2D eigenvalue weighted by Gasteiger charge is -2.15. The Labute approximate surface area is 222 Å². The van der Waals surface area contributed by atoms with E-state index in [1.807, 2.05) is 32.0 Å². The maximum absolute atomic E-state index is 13.5. The van der Waals surface area contributed by atoms with Gasteiger partial charge in [0.1, 0.15) is 5.56 Å². The number of nitrogens with one attached hydrogen (secondary N) is 2. The Kier molecular flexibility index (Phi) is 7.65. The van der Waals surface area contributed by atoms with Crippen molar-refractivity contribution in [3.05, 3.63) is 70.8 Å². The first-order chi connectivity index (χ1) is 18.3. The number of aromatic nitrogens is 5. The standard InChI is InChI=1S/C24H22F3N7O4S/c1-12-5-13(2)7-16(6-12)30-23-29-11-18(20(31-23)34-14(3)8-19(32-34)24(25,26)27)15-9-17(21(35)33-39(36)37)22(38-4)28-10-15/h5-11H,1-4H3,(H,33,35)(H,36,37)(H,29,30,31)/p-1. The number of rotatable bonds is 7. The number of benzene rings is 1. The predicted octanol–water partition coefficient (Wildman–Crippen LogP) is 3.94. The molecule has 4 aromatic rings. The number of aryl methyl sites for hydroxylation is 3. The third-order valence-corrected chi connectivity index (χ3v) is 5.75. The normalized spacial score (nSPS) is 12.2. The number of carbonyl (C=O) groups is 1. The maximum Gasteiger partial charge on any atom is 0.435 e. The van der Waals surface area contributed by atoms with Crippen LogP contribution < -0.4 is 14.8 Å². The van der Waals surface area contributed by atoms with Crippen LogP contribution >= 0.6 is 0 Å². The Balaban J connectivity index is 1.89. The minimum absolute atomic E-state index is 0.0457. The first-order valence-corrected chi connectivity index (χ1v) is 12.2. The van der Waals surface area contributed by atoms with Crippen molar-refractivity contribution in [2.24, 2.45) is 0 Å². The van der Waals surface area contributed by atoms with E-state index in [1.165, 1.54) is 32.5 Å². The summed E-state index contributed by atoms with van der Waals surface area (Å²) in [6, 6.07) is 7.81. The van der Waals surface area contributed by atoms with Crippen LogP contribution in [0.2, 0.25) is 0 Å². The van der Waals surface area contributed by atoms with Gasteiger partial charge in [-0.1, -0.05) is 6.07 Å². The van der Waals surface area contributed by atoms with E-state index in [0.717, 1.165) is 21.9 Å². The van der Waals surface area contributed by atoms with Gasteiger partial charge in [0.15, 0.2) is 11.5 Å². The van der Waals surface area contributed by atoms with E-state index in [-0.39, 0.29) is 40.0 Å². The number of hydrogen-bond acceptors (Lipinski definition) is 9. The number of alkyl halides is 3. The van der Waals surface area contributed by atoms with Gasteiger partial charge in [-0.05, 0) is 56.2 Å². The second-order valence-corrected chi connectivity index (χ2v) is 9.13. The molecule has 0 saturated carbocycles. The van der Waals surface area contributed by atoms with Gasteiger partial charge in [0.2, 0.25) is 11.8 Å². The summed E-state index contributed by atoms with van der Waals surface area (Å²) < 4.78 is 70.1. The number of anilines is 2. The molecule has 11 nitrogen and oxygen atoms in total. The van der Waals surface area contributed by atoms with Crippen LogP contribution in [0.4, 0.5) is 24.8 Å². The van der Waals surface area contributed by atoms with Crippen LogP contribution in [-0.4, -0.2) is 46.5 Å². The summed E-state index contributed by atoms with van der Waals surface area (Å²) in [5.41, 5.74) is 1.72. The Morgan fingerprint density at radius 2 is 1.74 bits per heavy atom. The number of nitrogens with zero attached hydrogens (tertiary/aromatic N) is 5. The predicted molar refractivity (Wildman–Crippen MR) is 134 cm³/mol. The second kappa shape index (κ2) is 10.8. The van der Waals surface area contributed by atoms with Crippen molar-refractivity contribution in [2.75, 3.05) is 12.4 Å². The molecular weight excluding hydrogens is 539 g/mol. The van der Waals surface area contributed by atoms with Gasteiger partial charge in [-0.15, -0.1) is 0 Å². The topological polar surface area (TPSA) is 147 Å². The number of pyridine rings is 1. The maximum atomic E-state index is 13.5. The third kappa shape index (κ3) is 6.21. The minimum atomic E-state index is -4.70. The van der Waals surface area contributed by atoms with E-state index in [2.05, 4.69) is 25.4 Å². The number of carbonyl (C=O) groups excluding carboxylic acids is 1. The van der Waals surface area contributed by atoms with Gasteiger partial charge in [-0.3, -0.25) is 13.7 Å². The van der Waals surface area contributed by atoms with Crippen molar-refractivity contribution < 1.29 is 31.5 Å². The van der Waals surface area contributed by atoms with Gasteiger partial charge in [-0.2, -0.15) is 23.3 Å². The largest absolute Gasteiger partial charge is 0.755 e. The molecule has 1 unspecified atom stereocenters. The average molecular weight is 561 g/mol. The molecule has 1 aromatic carbocycles. The Hall–Kier alpha value is -4.37. The fourth-order valence-electron chi connectivity index (χ4n) is 3.86. The molecule has 2 N–H and O–H groups in total. The van der Waals surface area contributed by atoms with Crippen LogP contribution in [0.1, 0.15) is 32.9 Å². The average Bonchev–Trinajstić information content (AvgIpc) is 3.24. The molecule has 3 aromatic heterocycles. The monoisotopic (exact) mass is 560 g/mol. The zero-order valence-corrected chi connectivity index (χ0v) is 21.8. The van der Waals surface area contributed by atoms with Gasteiger partial charge in [0, 0.05) is 46.2 Å². The summed E-state index contributed by atoms with van der Waals surface area (Å²) in [4.78, 5) is 25.2. The van der Waals surface area contributed by atoms with E-state index in [4.69, 9.17) is 4.74 Å². The molecule has 15 heteroatoms. The number of hydrogen-bond donors (Lipinski definition) is 2. The highest BCUT2D eigenvalue weighted by Gasteiger charge is 2.35. The van der Waals surface area contributed by atoms with Crippen molar-refractivity contribution in [3.63, 3.8) is 0 Å². The van der Waals surface area contributed by atoms with E-state index in [1.54, 1.807) is 4.72 Å². The van der Waals surface area contributed by atoms with Crippen molar-refractivity contribution in [1.82, 2.24) is 29.5 Å². The van der Waals surface area contributed by atoms with Crippen molar-refractivity contribution >= 4 is 28.8 Å². The Bertz CT molecular complexity index is 1570. The van der Waals surface area contributed by atoms with Crippen LogP contribution in [-0.2, 0) is 17.4 Å². The quantitative estimate of drug-likeness (QED) is 0.321. The van der Waals surface area contributed by atoms with Crippen molar-refractivity contribution in [1.29, 1.82) is 0 Å². The highest BCUT2D eigenvalue weighted by Crippen LogP contribution is 2.33. The lowest BCUT2D eigenvalue weighted by Crippen LogP contribution is -2.26. The summed E-state index contributed by atoms with van der Waals surface area (Å²) in [5, 5.41) is 6.76. The molecule has 0 fully saturated rings. The lowest BCUT2D eigenvalue weighted by atomic mass is 10.1. The van der Waals surface area contributed by atoms with E-state index >= 15 is 0 Å². The van der Waals surface area contributed by atoms with Gasteiger partial charge < -0.3 is 14.6 Å². The first kappa shape index (κ1) is 27.7. The van der Waals surface area contributed by atoms with Gasteiger partial charge in [0.25, 0.3) is 5.91 Å². The van der Waals surface area contributed by atoms with Gasteiger partial charge in [0.05, 0.1) is 7.11 Å². The molecule has 1 atom stereocenters. The highest BCUT2D eigenvalue weighted by molar-refractivity contribution is 7.77. The number of methoxy groups -OCH3 is 1. The number of ether oxygens (including phenoxy) is 1. The molecule has 0 saturated heterocycles. The molecular formula is C24H21F3N7O4S-. The highest BCUT2D eigenvalue weighted by atomic mass is 32.2. The van der Waals surface area contributed by atoms with Crippen molar-refractivity contribution in [3.8, 4) is 22.8 Å². The summed E-state index contributed by atoms with van der Waals surface area (Å²) in [5.74, 6) is -1.18. The molecule has 0 aliphatic rings. The number of halogens is 3. The van der Waals surface area contributed by atoms with Crippen molar-refractivity contribution in [2.45, 2.75) is 26.9 Å². The van der Waals surface area contributed by atoms with Crippen LogP contribution in [0.25, 0.3) is 16.9 Å². The molecule has 3 heterocycles. The Morgan fingerprint density at radius 1 is 1.05 bits per heavy atom. The van der Waals surface area contributed by atoms with Crippen LogP contribution in [0.5, 0.6) is 5.88 Å². The molecule has 0 aliphatic carbocycles. The summed E-state index contributed by atoms with van der Waals surface area (Å²) in [6.07, 6.45) is -2.09. The fraction of sp³-hybridized carbons (Fsp3) is 0.208. The third-order valence-electron chi connectivity index (χ3n) is 5.40. The fourth-order valence-corrected chi connectivity index (χ4v) is 4.12. The van der Waals surface area contributed by atoms with Crippen LogP contribution in [0, 0.1) is 20.8 Å². The second-order valence-electron chi connectivity index (χ2n) is 8.46. The van der Waals surface area contributed by atoms with Crippen LogP contribution in [0.15, 0.2) is 42.7 Å². The molecule has 0 spiro atoms. The molecule has 0 bridgehead atoms.